The SMILES string of the molecule is Cc1nc(-c2ccc(N3CC(CN4CCN(S(=O)(=O)c5ccc(Cl)cc5)CC4)OC3=O)cc2)no1. The molecule has 0 N–H and O–H groups in total. The third-order valence-corrected chi connectivity index (χ3v) is 8.25. The van der Waals surface area contributed by atoms with Gasteiger partial charge in [-0.2, -0.15) is 9.29 Å². The molecule has 184 valence electrons. The predicted octanol–water partition coefficient (Wildman–Crippen LogP) is 3.03. The minimum Gasteiger partial charge on any atom is -0.443 e. The number of carbonyl (C=O) groups excluding carboxylic acids is 1. The second-order valence-corrected chi connectivity index (χ2v) is 10.8. The number of aromatic nitrogens is 2. The van der Waals surface area contributed by atoms with Crippen LogP contribution < -0.4 is 4.90 Å². The monoisotopic (exact) mass is 517 g/mol. The largest absolute Gasteiger partial charge is 0.443 e. The van der Waals surface area contributed by atoms with Gasteiger partial charge in [0.25, 0.3) is 0 Å². The number of carbonyl (C=O) groups is 1. The first kappa shape index (κ1) is 23.7. The molecule has 3 heterocycles. The lowest BCUT2D eigenvalue weighted by molar-refractivity contribution is 0.0937. The summed E-state index contributed by atoms with van der Waals surface area (Å²) in [5.41, 5.74) is 1.52. The van der Waals surface area contributed by atoms with Crippen LogP contribution in [0.1, 0.15) is 5.89 Å². The van der Waals surface area contributed by atoms with E-state index in [4.69, 9.17) is 20.9 Å². The zero-order valence-electron chi connectivity index (χ0n) is 19.0. The van der Waals surface area contributed by atoms with Gasteiger partial charge in [0.15, 0.2) is 0 Å². The number of sulfonamides is 1. The first-order valence-electron chi connectivity index (χ1n) is 11.2. The second-order valence-electron chi connectivity index (χ2n) is 8.46. The highest BCUT2D eigenvalue weighted by Crippen LogP contribution is 2.26. The second kappa shape index (κ2) is 9.57. The number of hydrogen-bond donors (Lipinski definition) is 0. The number of rotatable bonds is 6. The maximum atomic E-state index is 12.9. The van der Waals surface area contributed by atoms with Gasteiger partial charge in [0.05, 0.1) is 11.4 Å². The molecule has 2 aliphatic heterocycles. The molecule has 2 fully saturated rings. The summed E-state index contributed by atoms with van der Waals surface area (Å²) in [5.74, 6) is 0.978. The number of hydrogen-bond acceptors (Lipinski definition) is 8. The van der Waals surface area contributed by atoms with Crippen molar-refractivity contribution in [3.05, 3.63) is 59.4 Å². The molecule has 2 aliphatic rings. The van der Waals surface area contributed by atoms with E-state index in [1.807, 2.05) is 24.3 Å². The highest BCUT2D eigenvalue weighted by molar-refractivity contribution is 7.89. The third kappa shape index (κ3) is 5.03. The lowest BCUT2D eigenvalue weighted by atomic mass is 10.2. The molecule has 1 unspecified atom stereocenters. The van der Waals surface area contributed by atoms with Crippen LogP contribution in [0, 0.1) is 6.92 Å². The molecule has 5 rings (SSSR count). The van der Waals surface area contributed by atoms with Crippen LogP contribution in [0.25, 0.3) is 11.4 Å². The minimum atomic E-state index is -3.57. The third-order valence-electron chi connectivity index (χ3n) is 6.08. The molecule has 0 radical (unpaired) electrons. The van der Waals surface area contributed by atoms with E-state index in [0.29, 0.717) is 56.0 Å². The van der Waals surface area contributed by atoms with Crippen molar-refractivity contribution in [3.63, 3.8) is 0 Å². The summed E-state index contributed by atoms with van der Waals surface area (Å²) in [6.45, 7) is 4.53. The first-order chi connectivity index (χ1) is 16.8. The fourth-order valence-electron chi connectivity index (χ4n) is 4.23. The number of nitrogens with zero attached hydrogens (tertiary/aromatic N) is 5. The average Bonchev–Trinajstić information content (AvgIpc) is 3.45. The van der Waals surface area contributed by atoms with Crippen molar-refractivity contribution in [2.75, 3.05) is 44.2 Å². The van der Waals surface area contributed by atoms with E-state index in [0.717, 1.165) is 11.3 Å². The number of piperazine rings is 1. The summed E-state index contributed by atoms with van der Waals surface area (Å²) in [6.07, 6.45) is -0.705. The van der Waals surface area contributed by atoms with Gasteiger partial charge >= 0.3 is 6.09 Å². The van der Waals surface area contributed by atoms with Crippen molar-refractivity contribution in [3.8, 4) is 11.4 Å². The molecule has 12 heteroatoms. The van der Waals surface area contributed by atoms with Gasteiger partial charge in [0.1, 0.15) is 6.10 Å². The molecule has 3 aromatic rings. The lowest BCUT2D eigenvalue weighted by Gasteiger charge is -2.34. The van der Waals surface area contributed by atoms with Crippen molar-refractivity contribution >= 4 is 33.4 Å². The molecule has 1 atom stereocenters. The summed E-state index contributed by atoms with van der Waals surface area (Å²) >= 11 is 5.88. The van der Waals surface area contributed by atoms with E-state index in [2.05, 4.69) is 15.0 Å². The summed E-state index contributed by atoms with van der Waals surface area (Å²) in [5, 5.41) is 4.40. The van der Waals surface area contributed by atoms with Crippen LogP contribution in [0.5, 0.6) is 0 Å². The van der Waals surface area contributed by atoms with E-state index in [1.165, 1.54) is 16.4 Å². The molecule has 0 bridgehead atoms. The van der Waals surface area contributed by atoms with Crippen LogP contribution in [0.2, 0.25) is 5.02 Å². The van der Waals surface area contributed by atoms with Gasteiger partial charge in [-0.15, -0.1) is 0 Å². The highest BCUT2D eigenvalue weighted by atomic mass is 35.5. The maximum absolute atomic E-state index is 12.9. The molecule has 10 nitrogen and oxygen atoms in total. The van der Waals surface area contributed by atoms with Crippen LogP contribution in [0.15, 0.2) is 57.9 Å². The van der Waals surface area contributed by atoms with E-state index < -0.39 is 16.1 Å². The molecular weight excluding hydrogens is 494 g/mol. The molecule has 1 aromatic heterocycles. The quantitative estimate of drug-likeness (QED) is 0.491. The van der Waals surface area contributed by atoms with Crippen molar-refractivity contribution in [1.29, 1.82) is 0 Å². The minimum absolute atomic E-state index is 0.233. The molecule has 1 amide bonds. The number of ether oxygens (including phenoxy) is 1. The van der Waals surface area contributed by atoms with Crippen LogP contribution in [-0.4, -0.2) is 79.2 Å². The molecular formula is C23H24ClN5O5S. The van der Waals surface area contributed by atoms with E-state index in [9.17, 15) is 13.2 Å². The molecule has 2 saturated heterocycles. The van der Waals surface area contributed by atoms with Crippen molar-refractivity contribution in [2.45, 2.75) is 17.9 Å². The normalized spacial score (nSPS) is 19.8. The number of halogens is 1. The van der Waals surface area contributed by atoms with Gasteiger partial charge in [0, 0.05) is 55.9 Å². The Bertz CT molecular complexity index is 1300. The molecule has 0 spiro atoms. The fraction of sp³-hybridized carbons (Fsp3) is 0.348. The Morgan fingerprint density at radius 2 is 1.71 bits per heavy atom. The van der Waals surface area contributed by atoms with Crippen molar-refractivity contribution in [1.82, 2.24) is 19.3 Å². The number of cyclic esters (lactones) is 1. The van der Waals surface area contributed by atoms with Crippen LogP contribution in [0.3, 0.4) is 0 Å². The van der Waals surface area contributed by atoms with Crippen molar-refractivity contribution < 1.29 is 22.5 Å². The zero-order valence-corrected chi connectivity index (χ0v) is 20.6. The highest BCUT2D eigenvalue weighted by Gasteiger charge is 2.35. The van der Waals surface area contributed by atoms with Crippen LogP contribution in [-0.2, 0) is 14.8 Å². The Balaban J connectivity index is 1.16. The number of amides is 1. The fourth-order valence-corrected chi connectivity index (χ4v) is 5.78. The number of anilines is 1. The zero-order chi connectivity index (χ0) is 24.6. The first-order valence-corrected chi connectivity index (χ1v) is 13.0. The van der Waals surface area contributed by atoms with Gasteiger partial charge in [-0.1, -0.05) is 16.8 Å². The molecule has 0 aliphatic carbocycles. The summed E-state index contributed by atoms with van der Waals surface area (Å²) in [4.78, 5) is 20.7. The predicted molar refractivity (Wildman–Crippen MR) is 129 cm³/mol. The number of benzene rings is 2. The Morgan fingerprint density at radius 3 is 2.34 bits per heavy atom. The van der Waals surface area contributed by atoms with Gasteiger partial charge in [0.2, 0.25) is 21.7 Å². The average molecular weight is 518 g/mol. The van der Waals surface area contributed by atoms with Crippen molar-refractivity contribution in [2.24, 2.45) is 0 Å². The molecule has 35 heavy (non-hydrogen) atoms. The maximum Gasteiger partial charge on any atom is 0.414 e. The summed E-state index contributed by atoms with van der Waals surface area (Å²) in [6, 6.07) is 13.5. The standard InChI is InChI=1S/C23H24ClN5O5S/c1-16-25-22(26-34-16)17-2-6-19(7-3-17)29-15-20(33-23(29)30)14-27-10-12-28(13-11-27)35(31,32)21-8-4-18(24)5-9-21/h2-9,20H,10-15H2,1H3. The summed E-state index contributed by atoms with van der Waals surface area (Å²) < 4.78 is 37.8. The van der Waals surface area contributed by atoms with E-state index in [1.54, 1.807) is 24.0 Å². The van der Waals surface area contributed by atoms with Gasteiger partial charge in [-0.05, 0) is 48.5 Å². The Hall–Kier alpha value is -2.99. The lowest BCUT2D eigenvalue weighted by Crippen LogP contribution is -2.50. The van der Waals surface area contributed by atoms with Gasteiger partial charge in [-0.3, -0.25) is 9.80 Å². The van der Waals surface area contributed by atoms with Gasteiger partial charge in [-0.25, -0.2) is 13.2 Å². The van der Waals surface area contributed by atoms with Crippen LogP contribution >= 0.6 is 11.6 Å². The molecule has 0 saturated carbocycles. The Labute approximate surface area is 208 Å². The topological polar surface area (TPSA) is 109 Å². The van der Waals surface area contributed by atoms with E-state index in [-0.39, 0.29) is 11.0 Å². The Kier molecular flexibility index (Phi) is 6.49. The number of aryl methyl sites for hydroxylation is 1. The Morgan fingerprint density at radius 1 is 1.03 bits per heavy atom. The smallest absolute Gasteiger partial charge is 0.414 e. The molecule has 2 aromatic carbocycles. The van der Waals surface area contributed by atoms with E-state index >= 15 is 0 Å². The van der Waals surface area contributed by atoms with Gasteiger partial charge < -0.3 is 9.26 Å². The van der Waals surface area contributed by atoms with Crippen LogP contribution in [0.4, 0.5) is 10.5 Å². The summed E-state index contributed by atoms with van der Waals surface area (Å²) in [7, 11) is -3.57.